The summed E-state index contributed by atoms with van der Waals surface area (Å²) >= 11 is 1.25. The zero-order chi connectivity index (χ0) is 20.1. The zero-order valence-corrected chi connectivity index (χ0v) is 16.9. The summed E-state index contributed by atoms with van der Waals surface area (Å²) in [5.41, 5.74) is 2.32. The number of rotatable bonds is 6. The van der Waals surface area contributed by atoms with E-state index in [9.17, 15) is 14.8 Å². The number of allylic oxidation sites excluding steroid dienone is 2. The Morgan fingerprint density at radius 2 is 1.67 bits per heavy atom. The van der Waals surface area contributed by atoms with Crippen molar-refractivity contribution in [3.8, 4) is 0 Å². The van der Waals surface area contributed by atoms with Crippen molar-refractivity contribution < 1.29 is 23.8 Å². The summed E-state index contributed by atoms with van der Waals surface area (Å²) in [4.78, 5) is 25.4. The minimum absolute atomic E-state index is 0.200. The van der Waals surface area contributed by atoms with E-state index in [4.69, 9.17) is 9.47 Å². The van der Waals surface area contributed by atoms with E-state index in [1.807, 2.05) is 0 Å². The number of pyridine rings is 1. The Kier molecular flexibility index (Phi) is 6.90. The molecule has 0 aromatic carbocycles. The Balaban J connectivity index is 2.75. The fourth-order valence-electron chi connectivity index (χ4n) is 3.18. The highest BCUT2D eigenvalue weighted by molar-refractivity contribution is 7.98. The Hall–Kier alpha value is -2.48. The molecule has 1 aliphatic rings. The van der Waals surface area contributed by atoms with Crippen LogP contribution in [0, 0.1) is 5.21 Å². The first-order chi connectivity index (χ1) is 12.9. The third kappa shape index (κ3) is 4.10. The quantitative estimate of drug-likeness (QED) is 0.344. The summed E-state index contributed by atoms with van der Waals surface area (Å²) in [7, 11) is 0. The van der Waals surface area contributed by atoms with Crippen molar-refractivity contribution in [1.29, 1.82) is 0 Å². The molecule has 0 radical (unpaired) electrons. The maximum absolute atomic E-state index is 12.7. The number of ether oxygens (including phenoxy) is 2. The molecule has 0 spiro atoms. The van der Waals surface area contributed by atoms with Crippen molar-refractivity contribution >= 4 is 23.7 Å². The van der Waals surface area contributed by atoms with E-state index in [0.29, 0.717) is 33.1 Å². The van der Waals surface area contributed by atoms with Crippen LogP contribution in [-0.4, -0.2) is 31.4 Å². The number of hydrogen-bond acceptors (Lipinski definition) is 7. The predicted molar refractivity (Wildman–Crippen MR) is 102 cm³/mol. The number of carbonyl (C=O) groups excluding carboxylic acids is 2. The Bertz CT molecular complexity index is 776. The van der Waals surface area contributed by atoms with Gasteiger partial charge in [-0.05, 0) is 40.0 Å². The predicted octanol–water partition coefficient (Wildman–Crippen LogP) is 2.40. The van der Waals surface area contributed by atoms with Crippen LogP contribution in [0.25, 0.3) is 0 Å². The van der Waals surface area contributed by atoms with Gasteiger partial charge in [-0.15, -0.1) is 0 Å². The number of aromatic nitrogens is 1. The molecule has 1 aliphatic heterocycles. The van der Waals surface area contributed by atoms with Crippen LogP contribution in [0.5, 0.6) is 0 Å². The molecular formula is C19H24N2O5S. The number of esters is 2. The van der Waals surface area contributed by atoms with Crippen LogP contribution in [-0.2, 0) is 19.1 Å². The summed E-state index contributed by atoms with van der Waals surface area (Å²) < 4.78 is 11.2. The van der Waals surface area contributed by atoms with Crippen LogP contribution in [0.15, 0.2) is 45.9 Å². The molecule has 0 atom stereocenters. The van der Waals surface area contributed by atoms with Crippen molar-refractivity contribution in [3.63, 3.8) is 0 Å². The summed E-state index contributed by atoms with van der Waals surface area (Å²) in [6.07, 6.45) is 3.16. The van der Waals surface area contributed by atoms with E-state index in [1.54, 1.807) is 46.1 Å². The van der Waals surface area contributed by atoms with Crippen LogP contribution in [0.3, 0.4) is 0 Å². The Labute approximate surface area is 163 Å². The molecular weight excluding hydrogens is 368 g/mol. The molecule has 0 bridgehead atoms. The highest BCUT2D eigenvalue weighted by Crippen LogP contribution is 2.41. The minimum Gasteiger partial charge on any atom is -0.618 e. The standard InChI is InChI=1S/C19H24N2O5S/c1-6-25-18(22)14-11(3)20-12(4)15(19(23)26-7-2)16(14)13-9-8-10-21(24)17(13)27-5/h8-10,16,20H,6-7H2,1-5H3. The van der Waals surface area contributed by atoms with Crippen molar-refractivity contribution in [1.82, 2.24) is 5.32 Å². The monoisotopic (exact) mass is 392 g/mol. The highest BCUT2D eigenvalue weighted by Gasteiger charge is 2.40. The molecule has 0 fully saturated rings. The van der Waals surface area contributed by atoms with Gasteiger partial charge in [0.15, 0.2) is 6.20 Å². The van der Waals surface area contributed by atoms with E-state index in [-0.39, 0.29) is 13.2 Å². The first-order valence-electron chi connectivity index (χ1n) is 8.66. The largest absolute Gasteiger partial charge is 0.618 e. The maximum atomic E-state index is 12.7. The van der Waals surface area contributed by atoms with Crippen molar-refractivity contribution in [2.75, 3.05) is 19.5 Å². The molecule has 1 N–H and O–H groups in total. The van der Waals surface area contributed by atoms with E-state index < -0.39 is 17.9 Å². The number of nitrogens with zero attached hydrogens (tertiary/aromatic N) is 1. The van der Waals surface area contributed by atoms with Crippen LogP contribution >= 0.6 is 11.8 Å². The normalized spacial score (nSPS) is 14.9. The number of hydrogen-bond donors (Lipinski definition) is 1. The molecule has 8 heteroatoms. The second kappa shape index (κ2) is 8.94. The summed E-state index contributed by atoms with van der Waals surface area (Å²) in [6.45, 7) is 7.33. The molecule has 0 saturated carbocycles. The summed E-state index contributed by atoms with van der Waals surface area (Å²) in [5, 5.41) is 15.8. The van der Waals surface area contributed by atoms with E-state index in [2.05, 4.69) is 5.32 Å². The third-order valence-electron chi connectivity index (χ3n) is 4.20. The van der Waals surface area contributed by atoms with Gasteiger partial charge in [0.25, 0.3) is 5.03 Å². The molecule has 1 aromatic rings. The smallest absolute Gasteiger partial charge is 0.336 e. The maximum Gasteiger partial charge on any atom is 0.336 e. The lowest BCUT2D eigenvalue weighted by Gasteiger charge is -2.30. The van der Waals surface area contributed by atoms with Crippen molar-refractivity contribution in [3.05, 3.63) is 51.6 Å². The van der Waals surface area contributed by atoms with Crippen LogP contribution in [0.1, 0.15) is 39.2 Å². The van der Waals surface area contributed by atoms with Crippen LogP contribution in [0.2, 0.25) is 0 Å². The highest BCUT2D eigenvalue weighted by atomic mass is 32.2. The lowest BCUT2D eigenvalue weighted by molar-refractivity contribution is -0.646. The van der Waals surface area contributed by atoms with Gasteiger partial charge in [0.05, 0.1) is 30.3 Å². The topological polar surface area (TPSA) is 91.6 Å². The Morgan fingerprint density at radius 3 is 2.11 bits per heavy atom. The second-order valence-corrected chi connectivity index (χ2v) is 6.67. The van der Waals surface area contributed by atoms with Gasteiger partial charge in [-0.3, -0.25) is 0 Å². The number of dihydropyridines is 1. The molecule has 2 heterocycles. The van der Waals surface area contributed by atoms with Gasteiger partial charge in [-0.2, -0.15) is 4.73 Å². The molecule has 7 nitrogen and oxygen atoms in total. The van der Waals surface area contributed by atoms with Gasteiger partial charge in [-0.25, -0.2) is 9.59 Å². The van der Waals surface area contributed by atoms with Crippen LogP contribution in [0.4, 0.5) is 0 Å². The second-order valence-electron chi connectivity index (χ2n) is 5.87. The van der Waals surface area contributed by atoms with E-state index in [0.717, 1.165) is 4.73 Å². The molecule has 0 amide bonds. The minimum atomic E-state index is -0.756. The summed E-state index contributed by atoms with van der Waals surface area (Å²) in [5.74, 6) is -1.82. The molecule has 2 rings (SSSR count). The molecule has 0 saturated heterocycles. The van der Waals surface area contributed by atoms with E-state index >= 15 is 0 Å². The summed E-state index contributed by atoms with van der Waals surface area (Å²) in [6, 6.07) is 3.34. The zero-order valence-electron chi connectivity index (χ0n) is 16.1. The van der Waals surface area contributed by atoms with Crippen LogP contribution < -0.4 is 10.0 Å². The third-order valence-corrected chi connectivity index (χ3v) is 5.00. The fraction of sp³-hybridized carbons (Fsp3) is 0.421. The van der Waals surface area contributed by atoms with Gasteiger partial charge >= 0.3 is 11.9 Å². The molecule has 146 valence electrons. The van der Waals surface area contributed by atoms with E-state index in [1.165, 1.54) is 18.0 Å². The SMILES string of the molecule is CCOC(=O)C1=C(C)NC(C)=C(C(=O)OCC)C1c1ccc[n+]([O-])c1SC. The molecule has 0 aliphatic carbocycles. The van der Waals surface area contributed by atoms with Crippen molar-refractivity contribution in [2.24, 2.45) is 0 Å². The van der Waals surface area contributed by atoms with Gasteiger partial charge in [-0.1, -0.05) is 11.8 Å². The Morgan fingerprint density at radius 1 is 1.15 bits per heavy atom. The van der Waals surface area contributed by atoms with Gasteiger partial charge in [0, 0.05) is 23.0 Å². The lowest BCUT2D eigenvalue weighted by Crippen LogP contribution is -2.36. The van der Waals surface area contributed by atoms with Gasteiger partial charge in [0.1, 0.15) is 0 Å². The number of carbonyl (C=O) groups is 2. The van der Waals surface area contributed by atoms with Gasteiger partial charge in [0.2, 0.25) is 0 Å². The lowest BCUT2D eigenvalue weighted by atomic mass is 9.81. The molecule has 0 unspecified atom stereocenters. The first-order valence-corrected chi connectivity index (χ1v) is 9.88. The van der Waals surface area contributed by atoms with Crippen molar-refractivity contribution in [2.45, 2.75) is 38.6 Å². The molecule has 1 aromatic heterocycles. The molecule has 27 heavy (non-hydrogen) atoms. The average molecular weight is 392 g/mol. The first kappa shape index (κ1) is 20.8. The number of thioether (sulfide) groups is 1. The average Bonchev–Trinajstić information content (AvgIpc) is 2.61. The fourth-order valence-corrected chi connectivity index (χ4v) is 3.84. The number of nitrogens with one attached hydrogen (secondary N) is 1. The van der Waals surface area contributed by atoms with Gasteiger partial charge < -0.3 is 20.0 Å².